The van der Waals surface area contributed by atoms with Gasteiger partial charge >= 0.3 is 5.97 Å². The van der Waals surface area contributed by atoms with Crippen molar-refractivity contribution >= 4 is 29.0 Å². The predicted molar refractivity (Wildman–Crippen MR) is 73.0 cm³/mol. The molecular weight excluding hydrogens is 260 g/mol. The molecule has 8 heteroatoms. The molecule has 3 heterocycles. The van der Waals surface area contributed by atoms with Gasteiger partial charge in [0.05, 0.1) is 17.6 Å². The summed E-state index contributed by atoms with van der Waals surface area (Å²) in [7, 11) is 0. The monoisotopic (exact) mass is 274 g/mol. The van der Waals surface area contributed by atoms with Crippen LogP contribution in [0, 0.1) is 0 Å². The maximum atomic E-state index is 10.5. The van der Waals surface area contributed by atoms with Gasteiger partial charge in [-0.1, -0.05) is 0 Å². The molecule has 104 valence electrons. The van der Waals surface area contributed by atoms with Crippen LogP contribution in [0.2, 0.25) is 0 Å². The zero-order valence-electron chi connectivity index (χ0n) is 10.7. The van der Waals surface area contributed by atoms with Crippen molar-refractivity contribution in [1.29, 1.82) is 0 Å². The van der Waals surface area contributed by atoms with Gasteiger partial charge in [0.25, 0.3) is 0 Å². The Bertz CT molecular complexity index is 652. The number of H-pyrrole nitrogens is 1. The zero-order valence-corrected chi connectivity index (χ0v) is 10.7. The van der Waals surface area contributed by atoms with E-state index in [1.165, 1.54) is 6.33 Å². The first-order valence-electron chi connectivity index (χ1n) is 6.39. The summed E-state index contributed by atoms with van der Waals surface area (Å²) < 4.78 is 0. The van der Waals surface area contributed by atoms with Crippen LogP contribution in [0.25, 0.3) is 11.0 Å². The second kappa shape index (κ2) is 5.24. The molecule has 1 atom stereocenters. The molecule has 1 saturated heterocycles. The second-order valence-corrected chi connectivity index (χ2v) is 4.69. The molecule has 0 radical (unpaired) electrons. The fourth-order valence-electron chi connectivity index (χ4n) is 2.44. The lowest BCUT2D eigenvalue weighted by Crippen LogP contribution is -2.38. The SMILES string of the molecule is O=C(O)C=N[C@@H]1CCCN(c2ncnc3[nH]ncc23)C1. The van der Waals surface area contributed by atoms with Crippen LogP contribution in [-0.4, -0.2) is 56.6 Å². The van der Waals surface area contributed by atoms with E-state index in [0.29, 0.717) is 12.2 Å². The van der Waals surface area contributed by atoms with Gasteiger partial charge in [0.2, 0.25) is 0 Å². The number of aliphatic imine (C=N–C) groups is 1. The van der Waals surface area contributed by atoms with Crippen molar-refractivity contribution in [2.45, 2.75) is 18.9 Å². The maximum Gasteiger partial charge on any atom is 0.346 e. The number of nitrogens with one attached hydrogen (secondary N) is 1. The molecule has 1 fully saturated rings. The summed E-state index contributed by atoms with van der Waals surface area (Å²) in [5.41, 5.74) is 0.700. The van der Waals surface area contributed by atoms with E-state index in [9.17, 15) is 4.79 Å². The molecule has 8 nitrogen and oxygen atoms in total. The third kappa shape index (κ3) is 2.44. The molecular formula is C12H14N6O2. The number of fused-ring (bicyclic) bond motifs is 1. The number of aromatic nitrogens is 4. The highest BCUT2D eigenvalue weighted by molar-refractivity contribution is 6.22. The summed E-state index contributed by atoms with van der Waals surface area (Å²) in [6.07, 6.45) is 6.02. The fourth-order valence-corrected chi connectivity index (χ4v) is 2.44. The predicted octanol–water partition coefficient (Wildman–Crippen LogP) is 0.477. The van der Waals surface area contributed by atoms with Crippen LogP contribution in [0.5, 0.6) is 0 Å². The number of carboxylic acids is 1. The lowest BCUT2D eigenvalue weighted by molar-refractivity contribution is -0.128. The minimum absolute atomic E-state index is 0.0169. The number of piperidine rings is 1. The van der Waals surface area contributed by atoms with E-state index in [4.69, 9.17) is 5.11 Å². The Balaban J connectivity index is 1.83. The van der Waals surface area contributed by atoms with E-state index in [-0.39, 0.29) is 6.04 Å². The number of nitrogens with zero attached hydrogens (tertiary/aromatic N) is 5. The molecule has 0 amide bonds. The van der Waals surface area contributed by atoms with Gasteiger partial charge < -0.3 is 10.0 Å². The summed E-state index contributed by atoms with van der Waals surface area (Å²) in [5, 5.41) is 16.3. The highest BCUT2D eigenvalue weighted by Gasteiger charge is 2.22. The van der Waals surface area contributed by atoms with Crippen LogP contribution in [0.4, 0.5) is 5.82 Å². The lowest BCUT2D eigenvalue weighted by Gasteiger charge is -2.31. The summed E-state index contributed by atoms with van der Waals surface area (Å²) in [6, 6.07) is -0.0169. The molecule has 0 unspecified atom stereocenters. The van der Waals surface area contributed by atoms with Crippen molar-refractivity contribution in [3.05, 3.63) is 12.5 Å². The van der Waals surface area contributed by atoms with Crippen LogP contribution in [0.3, 0.4) is 0 Å². The first-order valence-corrected chi connectivity index (χ1v) is 6.39. The molecule has 1 aliphatic rings. The molecule has 2 N–H and O–H groups in total. The third-order valence-corrected chi connectivity index (χ3v) is 3.32. The Hall–Kier alpha value is -2.51. The van der Waals surface area contributed by atoms with Gasteiger partial charge in [0, 0.05) is 13.1 Å². The van der Waals surface area contributed by atoms with Crippen molar-refractivity contribution in [3.8, 4) is 0 Å². The number of rotatable bonds is 3. The van der Waals surface area contributed by atoms with Crippen molar-refractivity contribution in [2.24, 2.45) is 4.99 Å². The van der Waals surface area contributed by atoms with Gasteiger partial charge in [-0.05, 0) is 12.8 Å². The number of carboxylic acid groups (broad SMARTS) is 1. The molecule has 2 aromatic heterocycles. The first kappa shape index (κ1) is 12.5. The van der Waals surface area contributed by atoms with Crippen molar-refractivity contribution in [1.82, 2.24) is 20.2 Å². The van der Waals surface area contributed by atoms with Crippen molar-refractivity contribution in [2.75, 3.05) is 18.0 Å². The van der Waals surface area contributed by atoms with E-state index in [1.807, 2.05) is 0 Å². The average Bonchev–Trinajstić information content (AvgIpc) is 2.93. The van der Waals surface area contributed by atoms with Crippen LogP contribution in [0.15, 0.2) is 17.5 Å². The minimum atomic E-state index is -1.01. The maximum absolute atomic E-state index is 10.5. The minimum Gasteiger partial charge on any atom is -0.477 e. The van der Waals surface area contributed by atoms with E-state index < -0.39 is 5.97 Å². The number of aliphatic carboxylic acids is 1. The Labute approximate surface area is 114 Å². The first-order chi connectivity index (χ1) is 9.74. The van der Waals surface area contributed by atoms with Gasteiger partial charge in [-0.15, -0.1) is 0 Å². The Morgan fingerprint density at radius 3 is 3.30 bits per heavy atom. The van der Waals surface area contributed by atoms with Crippen LogP contribution >= 0.6 is 0 Å². The van der Waals surface area contributed by atoms with Gasteiger partial charge in [-0.25, -0.2) is 14.8 Å². The Morgan fingerprint density at radius 1 is 1.55 bits per heavy atom. The Kier molecular flexibility index (Phi) is 3.28. The van der Waals surface area contributed by atoms with E-state index >= 15 is 0 Å². The zero-order chi connectivity index (χ0) is 13.9. The quantitative estimate of drug-likeness (QED) is 0.788. The van der Waals surface area contributed by atoms with Crippen LogP contribution in [0.1, 0.15) is 12.8 Å². The normalized spacial score (nSPS) is 19.8. The van der Waals surface area contributed by atoms with Gasteiger partial charge in [-0.2, -0.15) is 5.10 Å². The van der Waals surface area contributed by atoms with Crippen molar-refractivity contribution < 1.29 is 9.90 Å². The standard InChI is InChI=1S/C12H14N6O2/c19-10(20)5-13-8-2-1-3-18(6-8)12-9-4-16-17-11(9)14-7-15-12/h4-5,7-8H,1-3,6H2,(H,19,20)(H,14,15,16,17)/t8-/m1/s1. The highest BCUT2D eigenvalue weighted by atomic mass is 16.4. The number of hydrogen-bond donors (Lipinski definition) is 2. The number of hydrogen-bond acceptors (Lipinski definition) is 6. The van der Waals surface area contributed by atoms with Crippen LogP contribution in [-0.2, 0) is 4.79 Å². The molecule has 1 aliphatic heterocycles. The number of anilines is 1. The highest BCUT2D eigenvalue weighted by Crippen LogP contribution is 2.24. The van der Waals surface area contributed by atoms with Crippen molar-refractivity contribution in [3.63, 3.8) is 0 Å². The van der Waals surface area contributed by atoms with Gasteiger partial charge in [-0.3, -0.25) is 10.1 Å². The average molecular weight is 274 g/mol. The van der Waals surface area contributed by atoms with Crippen LogP contribution < -0.4 is 4.90 Å². The Morgan fingerprint density at radius 2 is 2.45 bits per heavy atom. The molecule has 0 saturated carbocycles. The molecule has 0 bridgehead atoms. The molecule has 2 aromatic rings. The molecule has 20 heavy (non-hydrogen) atoms. The molecule has 0 aromatic carbocycles. The third-order valence-electron chi connectivity index (χ3n) is 3.32. The summed E-state index contributed by atoms with van der Waals surface area (Å²) in [4.78, 5) is 25.2. The summed E-state index contributed by atoms with van der Waals surface area (Å²) in [5.74, 6) is -0.194. The van der Waals surface area contributed by atoms with Gasteiger partial charge in [0.1, 0.15) is 18.4 Å². The number of aromatic amines is 1. The summed E-state index contributed by atoms with van der Waals surface area (Å²) >= 11 is 0. The van der Waals surface area contributed by atoms with E-state index in [1.54, 1.807) is 6.20 Å². The molecule has 3 rings (SSSR count). The fraction of sp³-hybridized carbons (Fsp3) is 0.417. The van der Waals surface area contributed by atoms with Gasteiger partial charge in [0.15, 0.2) is 5.65 Å². The topological polar surface area (TPSA) is 107 Å². The number of carbonyl (C=O) groups is 1. The van der Waals surface area contributed by atoms with E-state index in [2.05, 4.69) is 30.1 Å². The smallest absolute Gasteiger partial charge is 0.346 e. The summed E-state index contributed by atoms with van der Waals surface area (Å²) in [6.45, 7) is 1.53. The molecule has 0 aliphatic carbocycles. The second-order valence-electron chi connectivity index (χ2n) is 4.69. The molecule has 0 spiro atoms. The largest absolute Gasteiger partial charge is 0.477 e. The van der Waals surface area contributed by atoms with E-state index in [0.717, 1.165) is 36.8 Å². The lowest BCUT2D eigenvalue weighted by atomic mass is 10.1.